The number of amides is 3. The first-order valence-electron chi connectivity index (χ1n) is 8.27. The van der Waals surface area contributed by atoms with Crippen LogP contribution in [0.4, 0.5) is 4.79 Å². The van der Waals surface area contributed by atoms with Crippen molar-refractivity contribution >= 4 is 11.9 Å². The van der Waals surface area contributed by atoms with Gasteiger partial charge in [-0.25, -0.2) is 4.79 Å². The van der Waals surface area contributed by atoms with Gasteiger partial charge in [0.05, 0.1) is 6.54 Å². The lowest BCUT2D eigenvalue weighted by Gasteiger charge is -2.18. The summed E-state index contributed by atoms with van der Waals surface area (Å²) in [5, 5.41) is 12.8. The summed E-state index contributed by atoms with van der Waals surface area (Å²) in [6, 6.07) is 4.85. The molecule has 0 aromatic heterocycles. The van der Waals surface area contributed by atoms with Gasteiger partial charge in [-0.2, -0.15) is 0 Å². The Kier molecular flexibility index (Phi) is 5.83. The average molecular weight is 334 g/mol. The molecule has 2 atom stereocenters. The Hall–Kier alpha value is -2.08. The van der Waals surface area contributed by atoms with Crippen LogP contribution in [0.5, 0.6) is 5.75 Å². The summed E-state index contributed by atoms with van der Waals surface area (Å²) in [5.41, 5.74) is 2.15. The van der Waals surface area contributed by atoms with Gasteiger partial charge in [0.2, 0.25) is 0 Å². The van der Waals surface area contributed by atoms with Crippen LogP contribution in [0.2, 0.25) is 0 Å². The number of aryl methyl sites for hydroxylation is 2. The Morgan fingerprint density at radius 3 is 2.42 bits per heavy atom. The Bertz CT molecular complexity index is 595. The van der Waals surface area contributed by atoms with Crippen molar-refractivity contribution in [1.29, 1.82) is 0 Å². The molecule has 0 saturated carbocycles. The molecule has 1 saturated heterocycles. The highest BCUT2D eigenvalue weighted by atomic mass is 16.5. The highest BCUT2D eigenvalue weighted by molar-refractivity contribution is 6.04. The number of carbonyl (C=O) groups excluding carboxylic acids is 2. The van der Waals surface area contributed by atoms with Crippen molar-refractivity contribution in [1.82, 2.24) is 10.2 Å². The predicted molar refractivity (Wildman–Crippen MR) is 90.9 cm³/mol. The second-order valence-electron chi connectivity index (χ2n) is 6.87. The summed E-state index contributed by atoms with van der Waals surface area (Å²) in [5.74, 6) is 0.692. The van der Waals surface area contributed by atoms with E-state index in [0.717, 1.165) is 16.0 Å². The number of urea groups is 1. The standard InChI is InChI=1S/C18H26N2O4/c1-11(2)5-16-17(22)20(18(23)19-16)9-14(21)10-24-15-7-12(3)6-13(4)8-15/h6-8,11,14,16,21H,5,9-10H2,1-4H3,(H,19,23). The summed E-state index contributed by atoms with van der Waals surface area (Å²) in [6.45, 7) is 7.89. The minimum Gasteiger partial charge on any atom is -0.491 e. The van der Waals surface area contributed by atoms with Crippen LogP contribution in [0, 0.1) is 19.8 Å². The maximum atomic E-state index is 12.2. The smallest absolute Gasteiger partial charge is 0.324 e. The molecule has 0 spiro atoms. The second-order valence-corrected chi connectivity index (χ2v) is 6.87. The third kappa shape index (κ3) is 4.71. The number of benzene rings is 1. The Labute approximate surface area is 142 Å². The maximum absolute atomic E-state index is 12.2. The van der Waals surface area contributed by atoms with E-state index in [4.69, 9.17) is 4.74 Å². The molecule has 3 amide bonds. The Balaban J connectivity index is 1.88. The molecule has 1 heterocycles. The average Bonchev–Trinajstić information content (AvgIpc) is 2.71. The molecule has 0 bridgehead atoms. The number of aliphatic hydroxyl groups is 1. The fourth-order valence-electron chi connectivity index (χ4n) is 2.85. The monoisotopic (exact) mass is 334 g/mol. The van der Waals surface area contributed by atoms with Crippen molar-refractivity contribution in [2.75, 3.05) is 13.2 Å². The van der Waals surface area contributed by atoms with Crippen LogP contribution in [-0.4, -0.2) is 47.2 Å². The normalized spacial score (nSPS) is 18.9. The van der Waals surface area contributed by atoms with Crippen molar-refractivity contribution < 1.29 is 19.4 Å². The minimum atomic E-state index is -0.932. The van der Waals surface area contributed by atoms with E-state index >= 15 is 0 Å². The van der Waals surface area contributed by atoms with Gasteiger partial charge in [0.25, 0.3) is 5.91 Å². The molecule has 2 N–H and O–H groups in total. The number of hydrogen-bond acceptors (Lipinski definition) is 4. The van der Waals surface area contributed by atoms with Gasteiger partial charge in [0, 0.05) is 0 Å². The van der Waals surface area contributed by atoms with E-state index in [1.807, 2.05) is 45.9 Å². The summed E-state index contributed by atoms with van der Waals surface area (Å²) in [6.07, 6.45) is -0.339. The van der Waals surface area contributed by atoms with E-state index in [1.54, 1.807) is 0 Å². The van der Waals surface area contributed by atoms with Crippen molar-refractivity contribution in [2.24, 2.45) is 5.92 Å². The molecule has 2 unspecified atom stereocenters. The van der Waals surface area contributed by atoms with Crippen LogP contribution in [0.15, 0.2) is 18.2 Å². The molecule has 1 aliphatic rings. The van der Waals surface area contributed by atoms with Crippen LogP contribution in [0.1, 0.15) is 31.4 Å². The zero-order chi connectivity index (χ0) is 17.9. The molecular formula is C18H26N2O4. The minimum absolute atomic E-state index is 0.0226. The summed E-state index contributed by atoms with van der Waals surface area (Å²) >= 11 is 0. The molecule has 0 radical (unpaired) electrons. The highest BCUT2D eigenvalue weighted by Crippen LogP contribution is 2.17. The number of ether oxygens (including phenoxy) is 1. The number of nitrogens with zero attached hydrogens (tertiary/aromatic N) is 1. The first-order chi connectivity index (χ1) is 11.3. The topological polar surface area (TPSA) is 78.9 Å². The number of aliphatic hydroxyl groups excluding tert-OH is 1. The van der Waals surface area contributed by atoms with Crippen LogP contribution < -0.4 is 10.1 Å². The maximum Gasteiger partial charge on any atom is 0.324 e. The van der Waals surface area contributed by atoms with E-state index < -0.39 is 18.2 Å². The first-order valence-corrected chi connectivity index (χ1v) is 8.27. The van der Waals surface area contributed by atoms with E-state index in [-0.39, 0.29) is 19.1 Å². The van der Waals surface area contributed by atoms with Gasteiger partial charge in [-0.1, -0.05) is 19.9 Å². The van der Waals surface area contributed by atoms with Crippen molar-refractivity contribution in [3.63, 3.8) is 0 Å². The van der Waals surface area contributed by atoms with Crippen molar-refractivity contribution in [3.8, 4) is 5.75 Å². The third-order valence-electron chi connectivity index (χ3n) is 3.85. The fourth-order valence-corrected chi connectivity index (χ4v) is 2.85. The lowest BCUT2D eigenvalue weighted by atomic mass is 10.0. The number of nitrogens with one attached hydrogen (secondary N) is 1. The zero-order valence-electron chi connectivity index (χ0n) is 14.7. The van der Waals surface area contributed by atoms with Crippen LogP contribution in [-0.2, 0) is 4.79 Å². The van der Waals surface area contributed by atoms with Gasteiger partial charge in [0.1, 0.15) is 24.5 Å². The number of hydrogen-bond donors (Lipinski definition) is 2. The van der Waals surface area contributed by atoms with Crippen LogP contribution in [0.25, 0.3) is 0 Å². The molecule has 6 heteroatoms. The van der Waals surface area contributed by atoms with Gasteiger partial charge < -0.3 is 15.2 Å². The molecule has 1 aromatic rings. The zero-order valence-corrected chi connectivity index (χ0v) is 14.7. The molecule has 2 rings (SSSR count). The Morgan fingerprint density at radius 1 is 1.21 bits per heavy atom. The SMILES string of the molecule is Cc1cc(C)cc(OCC(O)CN2C(=O)NC(CC(C)C)C2=O)c1. The molecule has 6 nitrogen and oxygen atoms in total. The van der Waals surface area contributed by atoms with Gasteiger partial charge >= 0.3 is 6.03 Å². The Morgan fingerprint density at radius 2 is 1.83 bits per heavy atom. The van der Waals surface area contributed by atoms with Crippen LogP contribution in [0.3, 0.4) is 0 Å². The molecule has 132 valence electrons. The predicted octanol–water partition coefficient (Wildman–Crippen LogP) is 2.01. The lowest BCUT2D eigenvalue weighted by Crippen LogP contribution is -2.40. The second kappa shape index (κ2) is 7.66. The first kappa shape index (κ1) is 18.3. The van der Waals surface area contributed by atoms with E-state index in [9.17, 15) is 14.7 Å². The largest absolute Gasteiger partial charge is 0.491 e. The van der Waals surface area contributed by atoms with E-state index in [0.29, 0.717) is 18.1 Å². The number of rotatable bonds is 7. The van der Waals surface area contributed by atoms with E-state index in [2.05, 4.69) is 5.32 Å². The molecular weight excluding hydrogens is 308 g/mol. The number of β-amino-alcohol motifs (C(OH)–C–C–N with tert-alkyl or cyclic N) is 1. The highest BCUT2D eigenvalue weighted by Gasteiger charge is 2.38. The lowest BCUT2D eigenvalue weighted by molar-refractivity contribution is -0.128. The van der Waals surface area contributed by atoms with Crippen molar-refractivity contribution in [3.05, 3.63) is 29.3 Å². The number of carbonyl (C=O) groups is 2. The summed E-state index contributed by atoms with van der Waals surface area (Å²) in [4.78, 5) is 25.2. The molecule has 24 heavy (non-hydrogen) atoms. The summed E-state index contributed by atoms with van der Waals surface area (Å²) < 4.78 is 5.58. The van der Waals surface area contributed by atoms with E-state index in [1.165, 1.54) is 0 Å². The quantitative estimate of drug-likeness (QED) is 0.748. The summed E-state index contributed by atoms with van der Waals surface area (Å²) in [7, 11) is 0. The van der Waals surface area contributed by atoms with Gasteiger partial charge in [-0.15, -0.1) is 0 Å². The van der Waals surface area contributed by atoms with Crippen LogP contribution >= 0.6 is 0 Å². The third-order valence-corrected chi connectivity index (χ3v) is 3.85. The molecule has 1 aliphatic heterocycles. The van der Waals surface area contributed by atoms with Gasteiger partial charge in [-0.05, 0) is 49.4 Å². The van der Waals surface area contributed by atoms with Crippen molar-refractivity contribution in [2.45, 2.75) is 46.3 Å². The molecule has 0 aliphatic carbocycles. The molecule has 1 aromatic carbocycles. The molecule has 1 fully saturated rings. The fraction of sp³-hybridized carbons (Fsp3) is 0.556. The van der Waals surface area contributed by atoms with Gasteiger partial charge in [0.15, 0.2) is 0 Å². The number of imide groups is 1. The van der Waals surface area contributed by atoms with Gasteiger partial charge in [-0.3, -0.25) is 9.69 Å².